The van der Waals surface area contributed by atoms with Gasteiger partial charge in [-0.25, -0.2) is 9.15 Å². The molecule has 0 N–H and O–H groups in total. The SMILES string of the molecule is C.C.CCCC(C)N(c1ccc([N+](=C2C=CC(=[N+](C(C)CCC)C(C)CCC)C=C2)c2ccc(N(c3ccc(N(C(C)CCC)C(C)CCC)c(C)c3)c3ccc(N(C(C)CCC)C(C)CCC)c(C)c3)cc2)cc1)C(C)CCC.CCCN(CCC)c1ccc([N+](=C2C=CC(=[N+](CCC)CCC)C(CC)=C2)c2ccc(N(c3ccc(C)c(CC)c3)c3ccc(C)c(CC)c3)cc2)cc1CC. The predicted molar refractivity (Wildman–Crippen MR) is 610 cm³/mol. The number of rotatable bonds is 50. The van der Waals surface area contributed by atoms with Crippen LogP contribution in [0.2, 0.25) is 0 Å². The van der Waals surface area contributed by atoms with Gasteiger partial charge >= 0.3 is 0 Å². The lowest BCUT2D eigenvalue weighted by Crippen LogP contribution is -2.41. The Morgan fingerprint density at radius 1 is 0.265 bits per heavy atom. The molecule has 0 spiro atoms. The summed E-state index contributed by atoms with van der Waals surface area (Å²) < 4.78 is 10.2. The van der Waals surface area contributed by atoms with E-state index in [9.17, 15) is 0 Å². The van der Waals surface area contributed by atoms with Gasteiger partial charge in [0.15, 0.2) is 12.1 Å². The van der Waals surface area contributed by atoms with Crippen LogP contribution in [0.4, 0.5) is 79.6 Å². The number of nitrogens with zero attached hydrogens (tertiary/aromatic N) is 10. The highest BCUT2D eigenvalue weighted by Crippen LogP contribution is 2.44. The van der Waals surface area contributed by atoms with E-state index in [2.05, 4.69) is 448 Å². The average Bonchev–Trinajstić information content (AvgIpc) is 0.776. The van der Waals surface area contributed by atoms with Crippen LogP contribution in [-0.2, 0) is 19.3 Å². The molecule has 0 radical (unpaired) electrons. The summed E-state index contributed by atoms with van der Waals surface area (Å²) in [5.41, 5.74) is 33.0. The predicted octanol–water partition coefficient (Wildman–Crippen LogP) is 35.4. The van der Waals surface area contributed by atoms with Crippen LogP contribution in [0.3, 0.4) is 0 Å². The van der Waals surface area contributed by atoms with Crippen molar-refractivity contribution in [2.45, 2.75) is 411 Å². The summed E-state index contributed by atoms with van der Waals surface area (Å²) in [6, 6.07) is 67.5. The van der Waals surface area contributed by atoms with Crippen LogP contribution in [0, 0.1) is 27.7 Å². The number of allylic oxidation sites excluding steroid dienone is 8. The Kier molecular flexibility index (Phi) is 47.4. The van der Waals surface area contributed by atoms with Crippen molar-refractivity contribution in [3.05, 3.63) is 251 Å². The molecule has 0 fully saturated rings. The summed E-state index contributed by atoms with van der Waals surface area (Å²) in [6.07, 6.45) is 44.1. The highest BCUT2D eigenvalue weighted by Gasteiger charge is 2.33. The van der Waals surface area contributed by atoms with Crippen molar-refractivity contribution < 1.29 is 9.15 Å². The molecular weight excluding hydrogens is 1650 g/mol. The zero-order valence-electron chi connectivity index (χ0n) is 89.5. The molecule has 0 bridgehead atoms. The second kappa shape index (κ2) is 56.9. The largest absolute Gasteiger partial charge is 0.371 e. The van der Waals surface area contributed by atoms with Gasteiger partial charge in [-0.3, -0.25) is 0 Å². The molecule has 740 valence electrons. The summed E-state index contributed by atoms with van der Waals surface area (Å²) in [5, 5.41) is 0. The Labute approximate surface area is 833 Å². The molecule has 10 nitrogen and oxygen atoms in total. The molecule has 8 aromatic rings. The van der Waals surface area contributed by atoms with Gasteiger partial charge in [0.1, 0.15) is 13.1 Å². The third-order valence-electron chi connectivity index (χ3n) is 28.4. The molecule has 0 heterocycles. The lowest BCUT2D eigenvalue weighted by atomic mass is 9.98. The van der Waals surface area contributed by atoms with Gasteiger partial charge < -0.3 is 29.4 Å². The Morgan fingerprint density at radius 3 is 0.941 bits per heavy atom. The lowest BCUT2D eigenvalue weighted by molar-refractivity contribution is -0.595. The summed E-state index contributed by atoms with van der Waals surface area (Å²) in [6.45, 7) is 69.6. The first-order valence-corrected chi connectivity index (χ1v) is 53.7. The maximum atomic E-state index is 2.71. The van der Waals surface area contributed by atoms with E-state index < -0.39 is 0 Å². The maximum Gasteiger partial charge on any atom is 0.212 e. The topological polar surface area (TPSA) is 31.5 Å². The van der Waals surface area contributed by atoms with Crippen molar-refractivity contribution >= 4 is 102 Å². The quantitative estimate of drug-likeness (QED) is 0.0279. The molecule has 0 saturated carbocycles. The van der Waals surface area contributed by atoms with Crippen molar-refractivity contribution in [3.8, 4) is 0 Å². The van der Waals surface area contributed by atoms with Gasteiger partial charge in [-0.05, 0) is 315 Å². The summed E-state index contributed by atoms with van der Waals surface area (Å²) in [4.78, 5) is 15.6. The molecule has 10 heteroatoms. The van der Waals surface area contributed by atoms with E-state index in [4.69, 9.17) is 0 Å². The maximum absolute atomic E-state index is 2.71. The number of hydrogen-bond donors (Lipinski definition) is 0. The zero-order valence-corrected chi connectivity index (χ0v) is 89.5. The fourth-order valence-corrected chi connectivity index (χ4v) is 21.9. The first-order chi connectivity index (χ1) is 64.8. The Bertz CT molecular complexity index is 5040. The van der Waals surface area contributed by atoms with Crippen molar-refractivity contribution in [1.29, 1.82) is 0 Å². The van der Waals surface area contributed by atoms with Gasteiger partial charge in [0, 0.05) is 229 Å². The summed E-state index contributed by atoms with van der Waals surface area (Å²) >= 11 is 0. The number of aryl methyl sites for hydroxylation is 7. The Balaban J connectivity index is 0.000000384. The van der Waals surface area contributed by atoms with Gasteiger partial charge in [0.25, 0.3) is 0 Å². The van der Waals surface area contributed by atoms with Crippen LogP contribution in [0.15, 0.2) is 212 Å². The normalized spacial score (nSPS) is 14.5. The summed E-state index contributed by atoms with van der Waals surface area (Å²) in [7, 11) is 0. The average molecular weight is 1840 g/mol. The zero-order chi connectivity index (χ0) is 97.2. The Morgan fingerprint density at radius 2 is 0.588 bits per heavy atom. The van der Waals surface area contributed by atoms with Crippen molar-refractivity contribution in [1.82, 2.24) is 9.15 Å². The van der Waals surface area contributed by atoms with E-state index >= 15 is 0 Å². The molecule has 0 aromatic heterocycles. The van der Waals surface area contributed by atoms with Gasteiger partial charge in [-0.15, -0.1) is 0 Å². The highest BCUT2D eigenvalue weighted by atomic mass is 15.2. The van der Waals surface area contributed by atoms with E-state index in [0.717, 1.165) is 112 Å². The molecule has 10 rings (SSSR count). The van der Waals surface area contributed by atoms with Gasteiger partial charge in [0.05, 0.1) is 0 Å². The van der Waals surface area contributed by atoms with Gasteiger partial charge in [-0.1, -0.05) is 176 Å². The first kappa shape index (κ1) is 113. The van der Waals surface area contributed by atoms with Crippen LogP contribution >= 0.6 is 0 Å². The van der Waals surface area contributed by atoms with E-state index in [-0.39, 0.29) is 14.9 Å². The molecular formula is C126H190N10+4. The van der Waals surface area contributed by atoms with E-state index in [0.29, 0.717) is 48.3 Å². The third kappa shape index (κ3) is 28.7. The van der Waals surface area contributed by atoms with Crippen molar-refractivity contribution in [3.63, 3.8) is 0 Å². The van der Waals surface area contributed by atoms with Crippen LogP contribution in [-0.4, -0.2) is 107 Å². The van der Waals surface area contributed by atoms with Crippen LogP contribution in [0.25, 0.3) is 0 Å². The van der Waals surface area contributed by atoms with E-state index in [1.807, 2.05) is 0 Å². The minimum Gasteiger partial charge on any atom is -0.371 e. The molecule has 136 heavy (non-hydrogen) atoms. The van der Waals surface area contributed by atoms with Gasteiger partial charge in [0.2, 0.25) is 45.6 Å². The second-order valence-electron chi connectivity index (χ2n) is 39.3. The number of anilines is 10. The summed E-state index contributed by atoms with van der Waals surface area (Å²) in [5.74, 6) is 0. The molecule has 8 atom stereocenters. The molecule has 8 unspecified atom stereocenters. The van der Waals surface area contributed by atoms with Crippen molar-refractivity contribution in [2.75, 3.05) is 55.6 Å². The monoisotopic (exact) mass is 1840 g/mol. The number of benzene rings is 8. The van der Waals surface area contributed by atoms with Crippen molar-refractivity contribution in [2.24, 2.45) is 0 Å². The molecule has 0 aliphatic heterocycles. The lowest BCUT2D eigenvalue weighted by Gasteiger charge is -2.39. The number of hydrogen-bond acceptors (Lipinski definition) is 6. The fraction of sp³-hybridized carbons (Fsp3) is 0.524. The molecule has 2 aliphatic rings. The van der Waals surface area contributed by atoms with Crippen LogP contribution in [0.5, 0.6) is 0 Å². The second-order valence-corrected chi connectivity index (χ2v) is 39.3. The third-order valence-corrected chi connectivity index (χ3v) is 28.4. The van der Waals surface area contributed by atoms with E-state index in [1.165, 1.54) is 216 Å². The highest BCUT2D eigenvalue weighted by molar-refractivity contribution is 6.21. The van der Waals surface area contributed by atoms with E-state index in [1.54, 1.807) is 0 Å². The fourth-order valence-electron chi connectivity index (χ4n) is 21.9. The smallest absolute Gasteiger partial charge is 0.212 e. The molecule has 0 saturated heterocycles. The Hall–Kier alpha value is -9.80. The minimum absolute atomic E-state index is 0. The van der Waals surface area contributed by atoms with Gasteiger partial charge in [-0.2, -0.15) is 9.15 Å². The standard InChI is InChI=1S/C72H112N6.C52H70N4.2CH4/c1-19-27-55(11)73(56(12)28-20-2)63-35-39-65(40-36-63)77(66-41-37-64(38-42-66)74(57(13)29-21-3)58(14)30-22-4)67-43-45-68(46-44-67)78(69-47-49-71(53(9)51-69)75(59(15)31-23-5)60(16)32-24-6)70-48-50-72(54(10)52-70)76(61(17)33-25-7)62(18)34-26-8;1-11-31-53(32-12-2)51-29-27-49(37-43(51)17-7)56(50-28-30-52(44(18-8)38-50)54(33-13-3)34-14-4)46-25-23-45(24-26-46)55(47-21-19-39(9)41(15-5)35-47)48-22-20-40(10)42(16-6)36-48;;/h35-52,55-62H,19-34H2,1-18H3;19-30,35-38H,11-18,31-34H2,1-10H3;2*1H4/q2*+2;;. The molecule has 2 aliphatic carbocycles. The van der Waals surface area contributed by atoms with Crippen LogP contribution in [0.1, 0.15) is 355 Å². The minimum atomic E-state index is 0. The van der Waals surface area contributed by atoms with Crippen LogP contribution < -0.4 is 38.6 Å². The molecule has 0 amide bonds. The molecule has 8 aromatic carbocycles. The first-order valence-electron chi connectivity index (χ1n) is 53.7.